The first-order valence-corrected chi connectivity index (χ1v) is 7.14. The summed E-state index contributed by atoms with van der Waals surface area (Å²) in [5, 5.41) is 20.8. The highest BCUT2D eigenvalue weighted by Gasteiger charge is 2.18. The zero-order valence-electron chi connectivity index (χ0n) is 11.0. The molecule has 112 valence electrons. The first-order valence-electron chi connectivity index (χ1n) is 5.97. The van der Waals surface area contributed by atoms with Crippen molar-refractivity contribution in [1.29, 1.82) is 0 Å². The molecule has 0 saturated carbocycles. The number of carbonyl (C=O) groups is 1. The molecule has 1 unspecified atom stereocenters. The number of aromatic nitrogens is 4. The van der Waals surface area contributed by atoms with E-state index in [2.05, 4.69) is 31.5 Å². The number of nitrogens with zero attached hydrogens (tertiary/aromatic N) is 4. The number of ether oxygens (including phenoxy) is 1. The highest BCUT2D eigenvalue weighted by Crippen LogP contribution is 2.29. The Bertz CT molecular complexity index is 649. The fourth-order valence-corrected chi connectivity index (χ4v) is 2.36. The Hall–Kier alpha value is -1.51. The molecule has 1 heterocycles. The summed E-state index contributed by atoms with van der Waals surface area (Å²) in [6.07, 6.45) is -0.669. The van der Waals surface area contributed by atoms with E-state index in [1.54, 1.807) is 12.1 Å². The summed E-state index contributed by atoms with van der Waals surface area (Å²) >= 11 is 9.52. The molecule has 2 rings (SSSR count). The molecule has 0 spiro atoms. The summed E-state index contributed by atoms with van der Waals surface area (Å²) in [6.45, 7) is 0.216. The van der Waals surface area contributed by atoms with Gasteiger partial charge in [0.1, 0.15) is 0 Å². The van der Waals surface area contributed by atoms with E-state index in [4.69, 9.17) is 21.4 Å². The Balaban J connectivity index is 2.30. The third-order valence-electron chi connectivity index (χ3n) is 2.81. The van der Waals surface area contributed by atoms with Crippen LogP contribution >= 0.6 is 27.5 Å². The van der Waals surface area contributed by atoms with Gasteiger partial charge in [0.25, 0.3) is 0 Å². The molecule has 0 fully saturated rings. The van der Waals surface area contributed by atoms with Gasteiger partial charge in [-0.1, -0.05) is 27.5 Å². The molecule has 0 bridgehead atoms. The van der Waals surface area contributed by atoms with Crippen LogP contribution in [-0.4, -0.2) is 44.5 Å². The number of hydrogen-bond donors (Lipinski definition) is 1. The van der Waals surface area contributed by atoms with Gasteiger partial charge in [0.2, 0.25) is 0 Å². The van der Waals surface area contributed by atoms with Crippen molar-refractivity contribution in [1.82, 2.24) is 20.2 Å². The molecular formula is C12H12BrClN4O3. The van der Waals surface area contributed by atoms with E-state index < -0.39 is 12.1 Å². The van der Waals surface area contributed by atoms with Crippen LogP contribution in [0.4, 0.5) is 0 Å². The van der Waals surface area contributed by atoms with Gasteiger partial charge in [0, 0.05) is 17.1 Å². The highest BCUT2D eigenvalue weighted by atomic mass is 79.9. The van der Waals surface area contributed by atoms with E-state index in [9.17, 15) is 4.79 Å². The Labute approximate surface area is 134 Å². The Morgan fingerprint density at radius 3 is 3.00 bits per heavy atom. The van der Waals surface area contributed by atoms with Gasteiger partial charge in [-0.3, -0.25) is 4.79 Å². The van der Waals surface area contributed by atoms with Gasteiger partial charge in [-0.2, -0.15) is 0 Å². The maximum Gasteiger partial charge on any atom is 0.306 e. The Kier molecular flexibility index (Phi) is 5.27. The van der Waals surface area contributed by atoms with E-state index in [-0.39, 0.29) is 13.0 Å². The number of halogens is 2. The molecular weight excluding hydrogens is 364 g/mol. The van der Waals surface area contributed by atoms with Crippen LogP contribution in [0.25, 0.3) is 11.4 Å². The molecule has 0 saturated heterocycles. The predicted octanol–water partition coefficient (Wildman–Crippen LogP) is 2.25. The summed E-state index contributed by atoms with van der Waals surface area (Å²) in [6, 6.07) is 5.33. The SMILES string of the molecule is COC(CC(=O)O)Cn1nnnc1-c1cc(Br)ccc1Cl. The molecule has 0 aliphatic heterocycles. The highest BCUT2D eigenvalue weighted by molar-refractivity contribution is 9.10. The molecule has 1 aromatic heterocycles. The van der Waals surface area contributed by atoms with Crippen molar-refractivity contribution in [2.75, 3.05) is 7.11 Å². The third kappa shape index (κ3) is 3.99. The summed E-state index contributed by atoms with van der Waals surface area (Å²) < 4.78 is 7.45. The Morgan fingerprint density at radius 2 is 2.33 bits per heavy atom. The average Bonchev–Trinajstić information content (AvgIpc) is 2.88. The number of carboxylic acid groups (broad SMARTS) is 1. The van der Waals surface area contributed by atoms with Gasteiger partial charge in [0.05, 0.1) is 24.1 Å². The van der Waals surface area contributed by atoms with Crippen LogP contribution in [0.5, 0.6) is 0 Å². The molecule has 2 aromatic rings. The van der Waals surface area contributed by atoms with Gasteiger partial charge >= 0.3 is 5.97 Å². The lowest BCUT2D eigenvalue weighted by atomic mass is 10.2. The number of carboxylic acids is 1. The van der Waals surface area contributed by atoms with Crippen LogP contribution < -0.4 is 0 Å². The lowest BCUT2D eigenvalue weighted by molar-refractivity contribution is -0.139. The fraction of sp³-hybridized carbons (Fsp3) is 0.333. The predicted molar refractivity (Wildman–Crippen MR) is 79.0 cm³/mol. The second kappa shape index (κ2) is 6.97. The smallest absolute Gasteiger partial charge is 0.306 e. The first kappa shape index (κ1) is 15.9. The maximum absolute atomic E-state index is 10.8. The van der Waals surface area contributed by atoms with Crippen molar-refractivity contribution in [2.24, 2.45) is 0 Å². The zero-order chi connectivity index (χ0) is 15.4. The second-order valence-electron chi connectivity index (χ2n) is 4.26. The van der Waals surface area contributed by atoms with E-state index in [1.165, 1.54) is 11.8 Å². The number of hydrogen-bond acceptors (Lipinski definition) is 5. The maximum atomic E-state index is 10.8. The van der Waals surface area contributed by atoms with Crippen molar-refractivity contribution in [2.45, 2.75) is 19.1 Å². The molecule has 1 aromatic carbocycles. The molecule has 9 heteroatoms. The fourth-order valence-electron chi connectivity index (χ4n) is 1.80. The molecule has 0 amide bonds. The van der Waals surface area contributed by atoms with E-state index >= 15 is 0 Å². The molecule has 1 N–H and O–H groups in total. The number of benzene rings is 1. The van der Waals surface area contributed by atoms with Crippen molar-refractivity contribution in [3.8, 4) is 11.4 Å². The molecule has 0 aliphatic carbocycles. The minimum Gasteiger partial charge on any atom is -0.481 e. The van der Waals surface area contributed by atoms with Crippen LogP contribution in [0.2, 0.25) is 5.02 Å². The van der Waals surface area contributed by atoms with Crippen molar-refractivity contribution in [3.05, 3.63) is 27.7 Å². The third-order valence-corrected chi connectivity index (χ3v) is 3.64. The van der Waals surface area contributed by atoms with Crippen molar-refractivity contribution < 1.29 is 14.6 Å². The minimum absolute atomic E-state index is 0.137. The monoisotopic (exact) mass is 374 g/mol. The molecule has 0 radical (unpaired) electrons. The van der Waals surface area contributed by atoms with Crippen LogP contribution in [-0.2, 0) is 16.1 Å². The van der Waals surface area contributed by atoms with Crippen LogP contribution in [0.3, 0.4) is 0 Å². The number of tetrazole rings is 1. The summed E-state index contributed by atoms with van der Waals surface area (Å²) in [7, 11) is 1.45. The van der Waals surface area contributed by atoms with Crippen LogP contribution in [0, 0.1) is 0 Å². The number of rotatable bonds is 6. The van der Waals surface area contributed by atoms with Gasteiger partial charge < -0.3 is 9.84 Å². The molecule has 0 aliphatic rings. The second-order valence-corrected chi connectivity index (χ2v) is 5.59. The van der Waals surface area contributed by atoms with Crippen molar-refractivity contribution in [3.63, 3.8) is 0 Å². The van der Waals surface area contributed by atoms with Gasteiger partial charge in [-0.15, -0.1) is 5.10 Å². The van der Waals surface area contributed by atoms with Crippen LogP contribution in [0.15, 0.2) is 22.7 Å². The average molecular weight is 376 g/mol. The summed E-state index contributed by atoms with van der Waals surface area (Å²) in [4.78, 5) is 10.8. The number of methoxy groups -OCH3 is 1. The molecule has 1 atom stereocenters. The van der Waals surface area contributed by atoms with Crippen molar-refractivity contribution >= 4 is 33.5 Å². The van der Waals surface area contributed by atoms with Crippen LogP contribution in [0.1, 0.15) is 6.42 Å². The van der Waals surface area contributed by atoms with Gasteiger partial charge in [-0.25, -0.2) is 4.68 Å². The van der Waals surface area contributed by atoms with E-state index in [1.807, 2.05) is 6.07 Å². The van der Waals surface area contributed by atoms with Gasteiger partial charge in [0.15, 0.2) is 5.82 Å². The standard InChI is InChI=1S/C12H12BrClN4O3/c1-21-8(5-11(19)20)6-18-12(15-16-17-18)9-4-7(13)2-3-10(9)14/h2-4,8H,5-6H2,1H3,(H,19,20). The largest absolute Gasteiger partial charge is 0.481 e. The molecule has 7 nitrogen and oxygen atoms in total. The summed E-state index contributed by atoms with van der Waals surface area (Å²) in [5.41, 5.74) is 0.654. The normalized spacial score (nSPS) is 12.3. The lowest BCUT2D eigenvalue weighted by Crippen LogP contribution is -2.23. The van der Waals surface area contributed by atoms with E-state index in [0.29, 0.717) is 16.4 Å². The van der Waals surface area contributed by atoms with Gasteiger partial charge in [-0.05, 0) is 28.6 Å². The quantitative estimate of drug-likeness (QED) is 0.833. The first-order chi connectivity index (χ1) is 10.0. The Morgan fingerprint density at radius 1 is 1.57 bits per heavy atom. The van der Waals surface area contributed by atoms with E-state index in [0.717, 1.165) is 4.47 Å². The zero-order valence-corrected chi connectivity index (χ0v) is 13.4. The topological polar surface area (TPSA) is 90.1 Å². The molecule has 21 heavy (non-hydrogen) atoms. The lowest BCUT2D eigenvalue weighted by Gasteiger charge is -2.14. The number of aliphatic carboxylic acids is 1. The minimum atomic E-state index is -0.947. The summed E-state index contributed by atoms with van der Waals surface area (Å²) in [5.74, 6) is -0.495.